The first-order valence-corrected chi connectivity index (χ1v) is 6.25. The maximum atomic E-state index is 4.14. The lowest BCUT2D eigenvalue weighted by molar-refractivity contribution is 0.485. The number of hydrogen-bond donors (Lipinski definition) is 1. The third-order valence-electron chi connectivity index (χ3n) is 2.60. The van der Waals surface area contributed by atoms with Crippen molar-refractivity contribution in [2.24, 2.45) is 0 Å². The number of rotatable bonds is 3. The highest BCUT2D eigenvalue weighted by Gasteiger charge is 2.17. The molecule has 0 spiro atoms. The van der Waals surface area contributed by atoms with Gasteiger partial charge < -0.3 is 5.32 Å². The van der Waals surface area contributed by atoms with Crippen molar-refractivity contribution in [3.05, 3.63) is 30.1 Å². The Hall–Kier alpha value is -0.540. The molecule has 1 saturated heterocycles. The monoisotopic (exact) mass is 208 g/mol. The normalized spacial score (nSPS) is 23.6. The van der Waals surface area contributed by atoms with Gasteiger partial charge in [-0.2, -0.15) is 11.8 Å². The molecule has 2 atom stereocenters. The highest BCUT2D eigenvalue weighted by molar-refractivity contribution is 7.99. The maximum absolute atomic E-state index is 4.14. The predicted octanol–water partition coefficient (Wildman–Crippen LogP) is 2.24. The van der Waals surface area contributed by atoms with Gasteiger partial charge in [0.15, 0.2) is 0 Å². The molecule has 2 rings (SSSR count). The molecule has 1 aromatic rings. The predicted molar refractivity (Wildman–Crippen MR) is 61.5 cm³/mol. The Morgan fingerprint density at radius 1 is 1.64 bits per heavy atom. The molecule has 2 nitrogen and oxygen atoms in total. The molecular formula is C11H16N2S. The fourth-order valence-electron chi connectivity index (χ4n) is 1.75. The molecule has 1 N–H and O–H groups in total. The van der Waals surface area contributed by atoms with Crippen LogP contribution in [0.3, 0.4) is 0 Å². The van der Waals surface area contributed by atoms with Gasteiger partial charge in [-0.05, 0) is 30.7 Å². The minimum atomic E-state index is 0.424. The Kier molecular flexibility index (Phi) is 3.43. The molecule has 2 heterocycles. The molecule has 0 radical (unpaired) electrons. The third-order valence-corrected chi connectivity index (χ3v) is 3.76. The molecule has 1 aliphatic heterocycles. The molecule has 1 aromatic heterocycles. The van der Waals surface area contributed by atoms with E-state index in [0.29, 0.717) is 12.1 Å². The van der Waals surface area contributed by atoms with E-state index < -0.39 is 0 Å². The van der Waals surface area contributed by atoms with E-state index in [1.165, 1.54) is 23.5 Å². The van der Waals surface area contributed by atoms with Crippen molar-refractivity contribution in [3.63, 3.8) is 0 Å². The SMILES string of the molecule is C[C@@H](NC1CCSC1)c1cccnc1. The number of nitrogens with zero attached hydrogens (tertiary/aromatic N) is 1. The number of nitrogens with one attached hydrogen (secondary N) is 1. The van der Waals surface area contributed by atoms with Crippen LogP contribution in [0.2, 0.25) is 0 Å². The van der Waals surface area contributed by atoms with Gasteiger partial charge in [0.25, 0.3) is 0 Å². The standard InChI is InChI=1S/C11H16N2S/c1-9(10-3-2-5-12-7-10)13-11-4-6-14-8-11/h2-3,5,7,9,11,13H,4,6,8H2,1H3/t9-,11?/m1/s1. The molecule has 0 aliphatic carbocycles. The topological polar surface area (TPSA) is 24.9 Å². The van der Waals surface area contributed by atoms with Crippen molar-refractivity contribution in [3.8, 4) is 0 Å². The molecule has 0 amide bonds. The van der Waals surface area contributed by atoms with Crippen LogP contribution in [0.25, 0.3) is 0 Å². The number of aromatic nitrogens is 1. The zero-order valence-corrected chi connectivity index (χ0v) is 9.26. The lowest BCUT2D eigenvalue weighted by Gasteiger charge is -2.18. The molecule has 1 aliphatic rings. The van der Waals surface area contributed by atoms with Crippen LogP contribution in [-0.2, 0) is 0 Å². The zero-order valence-electron chi connectivity index (χ0n) is 8.44. The summed E-state index contributed by atoms with van der Waals surface area (Å²) in [4.78, 5) is 4.14. The van der Waals surface area contributed by atoms with Crippen LogP contribution in [0, 0.1) is 0 Å². The summed E-state index contributed by atoms with van der Waals surface area (Å²) >= 11 is 2.04. The summed E-state index contributed by atoms with van der Waals surface area (Å²) in [5, 5.41) is 3.63. The molecule has 0 bridgehead atoms. The largest absolute Gasteiger partial charge is 0.307 e. The van der Waals surface area contributed by atoms with Gasteiger partial charge in [-0.3, -0.25) is 4.98 Å². The number of pyridine rings is 1. The van der Waals surface area contributed by atoms with Crippen LogP contribution in [0.1, 0.15) is 24.9 Å². The van der Waals surface area contributed by atoms with Crippen molar-refractivity contribution >= 4 is 11.8 Å². The number of hydrogen-bond acceptors (Lipinski definition) is 3. The lowest BCUT2D eigenvalue weighted by atomic mass is 10.1. The van der Waals surface area contributed by atoms with Crippen molar-refractivity contribution in [1.82, 2.24) is 10.3 Å². The van der Waals surface area contributed by atoms with Crippen LogP contribution in [-0.4, -0.2) is 22.5 Å². The second-order valence-corrected chi connectivity index (χ2v) is 4.89. The molecular weight excluding hydrogens is 192 g/mol. The summed E-state index contributed by atoms with van der Waals surface area (Å²) < 4.78 is 0. The maximum Gasteiger partial charge on any atom is 0.0315 e. The molecule has 3 heteroatoms. The summed E-state index contributed by atoms with van der Waals surface area (Å²) in [7, 11) is 0. The summed E-state index contributed by atoms with van der Waals surface area (Å²) in [5.74, 6) is 2.56. The van der Waals surface area contributed by atoms with E-state index in [9.17, 15) is 0 Å². The van der Waals surface area contributed by atoms with Crippen molar-refractivity contribution in [1.29, 1.82) is 0 Å². The molecule has 14 heavy (non-hydrogen) atoms. The average molecular weight is 208 g/mol. The Labute approximate surface area is 89.5 Å². The first kappa shape index (κ1) is 9.99. The fourth-order valence-corrected chi connectivity index (χ4v) is 2.91. The van der Waals surface area contributed by atoms with Gasteiger partial charge in [-0.25, -0.2) is 0 Å². The van der Waals surface area contributed by atoms with Gasteiger partial charge in [-0.15, -0.1) is 0 Å². The second kappa shape index (κ2) is 4.80. The minimum absolute atomic E-state index is 0.424. The summed E-state index contributed by atoms with van der Waals surface area (Å²) in [5.41, 5.74) is 1.28. The van der Waals surface area contributed by atoms with Crippen LogP contribution >= 0.6 is 11.8 Å². The first-order chi connectivity index (χ1) is 6.86. The quantitative estimate of drug-likeness (QED) is 0.824. The van der Waals surface area contributed by atoms with Crippen molar-refractivity contribution in [2.75, 3.05) is 11.5 Å². The highest BCUT2D eigenvalue weighted by Crippen LogP contribution is 2.20. The van der Waals surface area contributed by atoms with Crippen molar-refractivity contribution in [2.45, 2.75) is 25.4 Å². The third kappa shape index (κ3) is 2.49. The van der Waals surface area contributed by atoms with E-state index in [1.807, 2.05) is 30.2 Å². The lowest BCUT2D eigenvalue weighted by Crippen LogP contribution is -2.31. The Morgan fingerprint density at radius 3 is 3.21 bits per heavy atom. The molecule has 1 fully saturated rings. The Bertz CT molecular complexity index is 270. The first-order valence-electron chi connectivity index (χ1n) is 5.10. The van der Waals surface area contributed by atoms with Gasteiger partial charge in [0.1, 0.15) is 0 Å². The van der Waals surface area contributed by atoms with E-state index in [2.05, 4.69) is 23.3 Å². The van der Waals surface area contributed by atoms with Gasteiger partial charge >= 0.3 is 0 Å². The van der Waals surface area contributed by atoms with Gasteiger partial charge in [0, 0.05) is 30.2 Å². The van der Waals surface area contributed by atoms with Crippen LogP contribution in [0.5, 0.6) is 0 Å². The number of thioether (sulfide) groups is 1. The smallest absolute Gasteiger partial charge is 0.0315 e. The van der Waals surface area contributed by atoms with E-state index in [-0.39, 0.29) is 0 Å². The Balaban J connectivity index is 1.92. The summed E-state index contributed by atoms with van der Waals surface area (Å²) in [6, 6.07) is 5.24. The highest BCUT2D eigenvalue weighted by atomic mass is 32.2. The summed E-state index contributed by atoms with van der Waals surface area (Å²) in [6.45, 7) is 2.21. The zero-order chi connectivity index (χ0) is 9.80. The van der Waals surface area contributed by atoms with E-state index in [1.54, 1.807) is 0 Å². The van der Waals surface area contributed by atoms with Crippen LogP contribution < -0.4 is 5.32 Å². The van der Waals surface area contributed by atoms with E-state index >= 15 is 0 Å². The van der Waals surface area contributed by atoms with E-state index in [0.717, 1.165) is 0 Å². The fraction of sp³-hybridized carbons (Fsp3) is 0.545. The minimum Gasteiger partial charge on any atom is -0.307 e. The van der Waals surface area contributed by atoms with Crippen LogP contribution in [0.4, 0.5) is 0 Å². The molecule has 0 saturated carbocycles. The van der Waals surface area contributed by atoms with E-state index in [4.69, 9.17) is 0 Å². The average Bonchev–Trinajstić information content (AvgIpc) is 2.72. The summed E-state index contributed by atoms with van der Waals surface area (Å²) in [6.07, 6.45) is 5.07. The van der Waals surface area contributed by atoms with Crippen LogP contribution in [0.15, 0.2) is 24.5 Å². The van der Waals surface area contributed by atoms with Gasteiger partial charge in [-0.1, -0.05) is 6.07 Å². The van der Waals surface area contributed by atoms with Gasteiger partial charge in [0.05, 0.1) is 0 Å². The Morgan fingerprint density at radius 2 is 2.57 bits per heavy atom. The second-order valence-electron chi connectivity index (χ2n) is 3.74. The van der Waals surface area contributed by atoms with Gasteiger partial charge in [0.2, 0.25) is 0 Å². The molecule has 76 valence electrons. The van der Waals surface area contributed by atoms with Crippen molar-refractivity contribution < 1.29 is 0 Å². The molecule has 0 aromatic carbocycles. The molecule has 1 unspecified atom stereocenters.